The number of halogens is 3. The molecule has 2 aromatic rings. The van der Waals surface area contributed by atoms with Crippen molar-refractivity contribution in [1.82, 2.24) is 0 Å². The van der Waals surface area contributed by atoms with Gasteiger partial charge in [0.1, 0.15) is 0 Å². The van der Waals surface area contributed by atoms with E-state index >= 15 is 0 Å². The largest absolute Gasteiger partial charge is 0.490 e. The lowest BCUT2D eigenvalue weighted by atomic mass is 10.2. The van der Waals surface area contributed by atoms with Gasteiger partial charge in [0.15, 0.2) is 18.1 Å². The number of rotatable bonds is 10. The molecule has 10 heteroatoms. The van der Waals surface area contributed by atoms with Crippen LogP contribution in [0, 0.1) is 0 Å². The minimum Gasteiger partial charge on any atom is -0.490 e. The normalized spacial score (nSPS) is 10.4. The SMILES string of the molecule is CCOc1cc(C(=O)OCC(=O)Nc2cc(Cl)c(Cl)cc2Cl)cc(OCC)c1OCC. The zero-order valence-electron chi connectivity index (χ0n) is 17.2. The highest BCUT2D eigenvalue weighted by molar-refractivity contribution is 6.44. The van der Waals surface area contributed by atoms with E-state index in [-0.39, 0.29) is 26.3 Å². The van der Waals surface area contributed by atoms with Gasteiger partial charge in [-0.25, -0.2) is 4.79 Å². The number of carbonyl (C=O) groups is 2. The highest BCUT2D eigenvalue weighted by atomic mass is 35.5. The van der Waals surface area contributed by atoms with Gasteiger partial charge >= 0.3 is 5.97 Å². The molecule has 0 bridgehead atoms. The third-order valence-electron chi connectivity index (χ3n) is 3.76. The number of hydrogen-bond acceptors (Lipinski definition) is 6. The first-order chi connectivity index (χ1) is 14.8. The Morgan fingerprint density at radius 3 is 1.90 bits per heavy atom. The minimum atomic E-state index is -0.736. The van der Waals surface area contributed by atoms with Crippen molar-refractivity contribution >= 4 is 52.4 Å². The lowest BCUT2D eigenvalue weighted by Gasteiger charge is -2.17. The molecule has 1 N–H and O–H groups in total. The third-order valence-corrected chi connectivity index (χ3v) is 4.80. The van der Waals surface area contributed by atoms with Crippen LogP contribution in [0.15, 0.2) is 24.3 Å². The Morgan fingerprint density at radius 2 is 1.35 bits per heavy atom. The van der Waals surface area contributed by atoms with Crippen molar-refractivity contribution in [3.8, 4) is 17.2 Å². The summed E-state index contributed by atoms with van der Waals surface area (Å²) in [5.41, 5.74) is 0.395. The monoisotopic (exact) mass is 489 g/mol. The van der Waals surface area contributed by atoms with Crippen molar-refractivity contribution in [1.29, 1.82) is 0 Å². The predicted octanol–water partition coefficient (Wildman–Crippen LogP) is 5.64. The molecule has 31 heavy (non-hydrogen) atoms. The summed E-state index contributed by atoms with van der Waals surface area (Å²) >= 11 is 17.8. The minimum absolute atomic E-state index is 0.149. The summed E-state index contributed by atoms with van der Waals surface area (Å²) in [6.07, 6.45) is 0. The van der Waals surface area contributed by atoms with Crippen LogP contribution >= 0.6 is 34.8 Å². The number of amides is 1. The standard InChI is InChI=1S/C21H22Cl3NO6/c1-4-28-17-7-12(8-18(29-5-2)20(17)30-6-3)21(27)31-11-19(26)25-16-10-14(23)13(22)9-15(16)24/h7-10H,4-6,11H2,1-3H3,(H,25,26). The number of hydrogen-bond donors (Lipinski definition) is 1. The summed E-state index contributed by atoms with van der Waals surface area (Å²) in [5, 5.41) is 3.18. The lowest BCUT2D eigenvalue weighted by Crippen LogP contribution is -2.21. The maximum absolute atomic E-state index is 12.5. The number of ether oxygens (including phenoxy) is 4. The Balaban J connectivity index is 2.13. The molecular formula is C21H22Cl3NO6. The molecule has 2 rings (SSSR count). The zero-order valence-corrected chi connectivity index (χ0v) is 19.5. The molecule has 0 unspecified atom stereocenters. The first-order valence-electron chi connectivity index (χ1n) is 9.48. The molecule has 0 fully saturated rings. The van der Waals surface area contributed by atoms with Crippen LogP contribution in [-0.4, -0.2) is 38.3 Å². The van der Waals surface area contributed by atoms with E-state index in [4.69, 9.17) is 53.8 Å². The number of nitrogens with one attached hydrogen (secondary N) is 1. The van der Waals surface area contributed by atoms with Gasteiger partial charge in [0, 0.05) is 0 Å². The molecule has 2 aromatic carbocycles. The Bertz CT molecular complexity index is 924. The second kappa shape index (κ2) is 11.9. The topological polar surface area (TPSA) is 83.1 Å². The molecule has 0 saturated carbocycles. The highest BCUT2D eigenvalue weighted by Crippen LogP contribution is 2.39. The van der Waals surface area contributed by atoms with Crippen LogP contribution in [0.25, 0.3) is 0 Å². The van der Waals surface area contributed by atoms with Gasteiger partial charge < -0.3 is 24.3 Å². The summed E-state index contributed by atoms with van der Waals surface area (Å²) in [6, 6.07) is 5.76. The highest BCUT2D eigenvalue weighted by Gasteiger charge is 2.20. The Kier molecular flexibility index (Phi) is 9.55. The number of benzene rings is 2. The Hall–Kier alpha value is -2.35. The van der Waals surface area contributed by atoms with Crippen LogP contribution in [0.2, 0.25) is 15.1 Å². The van der Waals surface area contributed by atoms with Gasteiger partial charge in [-0.1, -0.05) is 34.8 Å². The average Bonchev–Trinajstić information content (AvgIpc) is 2.72. The molecule has 0 saturated heterocycles. The van der Waals surface area contributed by atoms with Crippen LogP contribution in [0.1, 0.15) is 31.1 Å². The van der Waals surface area contributed by atoms with Crippen LogP contribution in [-0.2, 0) is 9.53 Å². The third kappa shape index (κ3) is 6.82. The molecule has 0 heterocycles. The van der Waals surface area contributed by atoms with E-state index in [1.807, 2.05) is 6.92 Å². The number of carbonyl (C=O) groups excluding carboxylic acids is 2. The van der Waals surface area contributed by atoms with Crippen LogP contribution in [0.4, 0.5) is 5.69 Å². The van der Waals surface area contributed by atoms with E-state index in [1.165, 1.54) is 24.3 Å². The van der Waals surface area contributed by atoms with Crippen LogP contribution < -0.4 is 19.5 Å². The molecule has 0 aliphatic heterocycles. The molecule has 0 atom stereocenters. The molecule has 7 nitrogen and oxygen atoms in total. The van der Waals surface area contributed by atoms with Crippen molar-refractivity contribution in [2.45, 2.75) is 20.8 Å². The van der Waals surface area contributed by atoms with Gasteiger partial charge in [-0.2, -0.15) is 0 Å². The number of anilines is 1. The van der Waals surface area contributed by atoms with Crippen molar-refractivity contribution in [3.05, 3.63) is 44.9 Å². The fourth-order valence-corrected chi connectivity index (χ4v) is 3.12. The average molecular weight is 491 g/mol. The molecule has 1 amide bonds. The Morgan fingerprint density at radius 1 is 0.806 bits per heavy atom. The molecule has 0 aliphatic carbocycles. The fourth-order valence-electron chi connectivity index (χ4n) is 2.53. The van der Waals surface area contributed by atoms with Crippen molar-refractivity contribution in [2.24, 2.45) is 0 Å². The van der Waals surface area contributed by atoms with Crippen molar-refractivity contribution in [2.75, 3.05) is 31.7 Å². The first kappa shape index (κ1) is 24.9. The summed E-state index contributed by atoms with van der Waals surface area (Å²) in [4.78, 5) is 24.7. The summed E-state index contributed by atoms with van der Waals surface area (Å²) in [7, 11) is 0. The number of esters is 1. The molecule has 168 valence electrons. The lowest BCUT2D eigenvalue weighted by molar-refractivity contribution is -0.119. The fraction of sp³-hybridized carbons (Fsp3) is 0.333. The van der Waals surface area contributed by atoms with E-state index < -0.39 is 18.5 Å². The van der Waals surface area contributed by atoms with Gasteiger partial charge in [0.2, 0.25) is 5.75 Å². The van der Waals surface area contributed by atoms with Crippen molar-refractivity contribution in [3.63, 3.8) is 0 Å². The van der Waals surface area contributed by atoms with Gasteiger partial charge in [-0.15, -0.1) is 0 Å². The van der Waals surface area contributed by atoms with Gasteiger partial charge in [-0.3, -0.25) is 4.79 Å². The van der Waals surface area contributed by atoms with Crippen LogP contribution in [0.3, 0.4) is 0 Å². The van der Waals surface area contributed by atoms with E-state index in [0.717, 1.165) is 0 Å². The van der Waals surface area contributed by atoms with E-state index in [1.54, 1.807) is 13.8 Å². The smallest absolute Gasteiger partial charge is 0.338 e. The van der Waals surface area contributed by atoms with Gasteiger partial charge in [0.25, 0.3) is 5.91 Å². The molecule has 0 radical (unpaired) electrons. The van der Waals surface area contributed by atoms with Gasteiger partial charge in [-0.05, 0) is 45.0 Å². The quantitative estimate of drug-likeness (QED) is 0.343. The second-order valence-electron chi connectivity index (χ2n) is 5.97. The second-order valence-corrected chi connectivity index (χ2v) is 7.19. The molecule has 0 aliphatic rings. The first-order valence-corrected chi connectivity index (χ1v) is 10.6. The summed E-state index contributed by atoms with van der Waals surface area (Å²) in [6.45, 7) is 6.00. The Labute approximate surface area is 195 Å². The van der Waals surface area contributed by atoms with Crippen LogP contribution in [0.5, 0.6) is 17.2 Å². The van der Waals surface area contributed by atoms with E-state index in [0.29, 0.717) is 37.1 Å². The van der Waals surface area contributed by atoms with Crippen molar-refractivity contribution < 1.29 is 28.5 Å². The predicted molar refractivity (Wildman–Crippen MR) is 120 cm³/mol. The van der Waals surface area contributed by atoms with Gasteiger partial charge in [0.05, 0.1) is 46.1 Å². The van der Waals surface area contributed by atoms with E-state index in [9.17, 15) is 9.59 Å². The molecule has 0 aromatic heterocycles. The summed E-state index contributed by atoms with van der Waals surface area (Å²) < 4.78 is 21.9. The zero-order chi connectivity index (χ0) is 23.0. The maximum Gasteiger partial charge on any atom is 0.338 e. The maximum atomic E-state index is 12.5. The van der Waals surface area contributed by atoms with E-state index in [2.05, 4.69) is 5.32 Å². The summed E-state index contributed by atoms with van der Waals surface area (Å²) in [5.74, 6) is -0.256. The molecule has 0 spiro atoms. The molecular weight excluding hydrogens is 469 g/mol.